The molecule has 2 nitrogen and oxygen atoms in total. The van der Waals surface area contributed by atoms with Crippen molar-refractivity contribution >= 4 is 0 Å². The third-order valence-electron chi connectivity index (χ3n) is 5.36. The van der Waals surface area contributed by atoms with Crippen LogP contribution in [0.1, 0.15) is 64.2 Å². The van der Waals surface area contributed by atoms with Crippen LogP contribution in [-0.4, -0.2) is 29.6 Å². The molecule has 2 N–H and O–H groups in total. The van der Waals surface area contributed by atoms with Crippen LogP contribution in [0.5, 0.6) is 0 Å². The van der Waals surface area contributed by atoms with Crippen molar-refractivity contribution in [1.82, 2.24) is 4.90 Å². The number of nitrogens with two attached hydrogens (primary N) is 1. The molecule has 0 aromatic heterocycles. The van der Waals surface area contributed by atoms with Crippen molar-refractivity contribution in [3.05, 3.63) is 0 Å². The van der Waals surface area contributed by atoms with E-state index in [1.165, 1.54) is 70.8 Å². The molecular formula is C15H28N2. The molecule has 98 valence electrons. The zero-order chi connectivity index (χ0) is 11.7. The fraction of sp³-hybridized carbons (Fsp3) is 1.00. The Hall–Kier alpha value is -0.0800. The molecule has 1 aliphatic carbocycles. The molecular weight excluding hydrogens is 208 g/mol. The minimum atomic E-state index is 0.493. The minimum absolute atomic E-state index is 0.493. The highest BCUT2D eigenvalue weighted by molar-refractivity contribution is 4.94. The number of rotatable bonds is 2. The topological polar surface area (TPSA) is 29.3 Å². The highest BCUT2D eigenvalue weighted by Crippen LogP contribution is 2.35. The molecule has 2 bridgehead atoms. The van der Waals surface area contributed by atoms with E-state index < -0.39 is 0 Å². The summed E-state index contributed by atoms with van der Waals surface area (Å²) in [6, 6.07) is 2.16. The molecule has 0 amide bonds. The van der Waals surface area contributed by atoms with Gasteiger partial charge in [0.05, 0.1) is 0 Å². The summed E-state index contributed by atoms with van der Waals surface area (Å²) < 4.78 is 0. The summed E-state index contributed by atoms with van der Waals surface area (Å²) in [5.41, 5.74) is 6.19. The number of fused-ring (bicyclic) bond motifs is 2. The normalized spacial score (nSPS) is 40.4. The molecule has 2 heteroatoms. The van der Waals surface area contributed by atoms with E-state index in [1.807, 2.05) is 0 Å². The first-order chi connectivity index (χ1) is 8.33. The van der Waals surface area contributed by atoms with Gasteiger partial charge >= 0.3 is 0 Å². The molecule has 0 aromatic carbocycles. The van der Waals surface area contributed by atoms with E-state index >= 15 is 0 Å². The number of hydrogen-bond donors (Lipinski definition) is 1. The lowest BCUT2D eigenvalue weighted by atomic mass is 9.80. The van der Waals surface area contributed by atoms with Crippen LogP contribution in [0.2, 0.25) is 0 Å². The van der Waals surface area contributed by atoms with Gasteiger partial charge in [-0.25, -0.2) is 0 Å². The zero-order valence-corrected chi connectivity index (χ0v) is 11.1. The van der Waals surface area contributed by atoms with E-state index in [0.29, 0.717) is 6.04 Å². The van der Waals surface area contributed by atoms with Gasteiger partial charge in [0.15, 0.2) is 0 Å². The molecule has 0 aromatic rings. The lowest BCUT2D eigenvalue weighted by molar-refractivity contribution is 0.0139. The van der Waals surface area contributed by atoms with Gasteiger partial charge in [-0.2, -0.15) is 0 Å². The monoisotopic (exact) mass is 236 g/mol. The van der Waals surface area contributed by atoms with Crippen LogP contribution in [0, 0.1) is 5.92 Å². The average Bonchev–Trinajstić information content (AvgIpc) is 2.32. The first-order valence-electron chi connectivity index (χ1n) is 7.84. The largest absolute Gasteiger partial charge is 0.328 e. The van der Waals surface area contributed by atoms with E-state index in [9.17, 15) is 0 Å². The van der Waals surface area contributed by atoms with Gasteiger partial charge in [-0.05, 0) is 44.4 Å². The lowest BCUT2D eigenvalue weighted by Gasteiger charge is -2.49. The van der Waals surface area contributed by atoms with Crippen LogP contribution in [-0.2, 0) is 0 Å². The van der Waals surface area contributed by atoms with Crippen molar-refractivity contribution in [1.29, 1.82) is 0 Å². The minimum Gasteiger partial charge on any atom is -0.328 e. The standard InChI is InChI=1S/C15H28N2/c16-13-9-14-7-4-8-15(10-13)17(14)11-12-5-2-1-3-6-12/h12-15H,1-11,16H2. The van der Waals surface area contributed by atoms with E-state index in [2.05, 4.69) is 4.90 Å². The molecule has 3 fully saturated rings. The van der Waals surface area contributed by atoms with Gasteiger partial charge in [0, 0.05) is 24.7 Å². The first kappa shape index (κ1) is 12.0. The van der Waals surface area contributed by atoms with Crippen LogP contribution < -0.4 is 5.73 Å². The van der Waals surface area contributed by atoms with Crippen molar-refractivity contribution in [3.8, 4) is 0 Å². The molecule has 2 atom stereocenters. The molecule has 1 saturated carbocycles. The van der Waals surface area contributed by atoms with Gasteiger partial charge in [0.1, 0.15) is 0 Å². The SMILES string of the molecule is NC1CC2CCCC(C1)N2CC1CCCCC1. The van der Waals surface area contributed by atoms with Gasteiger partial charge in [-0.1, -0.05) is 25.7 Å². The van der Waals surface area contributed by atoms with Crippen LogP contribution in [0.4, 0.5) is 0 Å². The third-order valence-corrected chi connectivity index (χ3v) is 5.36. The van der Waals surface area contributed by atoms with Crippen LogP contribution in [0.3, 0.4) is 0 Å². The zero-order valence-electron chi connectivity index (χ0n) is 11.1. The quantitative estimate of drug-likeness (QED) is 0.799. The predicted octanol–water partition coefficient (Wildman–Crippen LogP) is 2.91. The first-order valence-corrected chi connectivity index (χ1v) is 7.84. The number of hydrogen-bond acceptors (Lipinski definition) is 2. The van der Waals surface area contributed by atoms with E-state index in [1.54, 1.807) is 0 Å². The highest BCUT2D eigenvalue weighted by Gasteiger charge is 2.37. The number of piperidine rings is 2. The van der Waals surface area contributed by atoms with Gasteiger partial charge in [-0.15, -0.1) is 0 Å². The van der Waals surface area contributed by atoms with Gasteiger partial charge < -0.3 is 5.73 Å². The second kappa shape index (κ2) is 5.27. The maximum Gasteiger partial charge on any atom is 0.0113 e. The Morgan fingerprint density at radius 3 is 2.12 bits per heavy atom. The van der Waals surface area contributed by atoms with Gasteiger partial charge in [-0.3, -0.25) is 4.90 Å². The number of nitrogens with zero attached hydrogens (tertiary/aromatic N) is 1. The van der Waals surface area contributed by atoms with E-state index in [4.69, 9.17) is 5.73 Å². The van der Waals surface area contributed by atoms with Crippen LogP contribution >= 0.6 is 0 Å². The van der Waals surface area contributed by atoms with Crippen molar-refractivity contribution in [2.45, 2.75) is 82.3 Å². The Morgan fingerprint density at radius 2 is 1.47 bits per heavy atom. The predicted molar refractivity (Wildman–Crippen MR) is 71.9 cm³/mol. The Balaban J connectivity index is 1.61. The molecule has 3 aliphatic rings. The van der Waals surface area contributed by atoms with Crippen molar-refractivity contribution in [2.24, 2.45) is 11.7 Å². The summed E-state index contributed by atoms with van der Waals surface area (Å²) in [6.07, 6.45) is 14.2. The summed E-state index contributed by atoms with van der Waals surface area (Å²) in [7, 11) is 0. The lowest BCUT2D eigenvalue weighted by Crippen LogP contribution is -2.56. The fourth-order valence-electron chi connectivity index (χ4n) is 4.49. The Morgan fingerprint density at radius 1 is 0.824 bits per heavy atom. The van der Waals surface area contributed by atoms with Gasteiger partial charge in [0.2, 0.25) is 0 Å². The molecule has 0 radical (unpaired) electrons. The molecule has 0 spiro atoms. The molecule has 2 aliphatic heterocycles. The van der Waals surface area contributed by atoms with Crippen molar-refractivity contribution in [3.63, 3.8) is 0 Å². The molecule has 2 saturated heterocycles. The van der Waals surface area contributed by atoms with Crippen molar-refractivity contribution < 1.29 is 0 Å². The summed E-state index contributed by atoms with van der Waals surface area (Å²) in [5.74, 6) is 1.00. The summed E-state index contributed by atoms with van der Waals surface area (Å²) in [5, 5.41) is 0. The average molecular weight is 236 g/mol. The summed E-state index contributed by atoms with van der Waals surface area (Å²) in [4.78, 5) is 2.86. The fourth-order valence-corrected chi connectivity index (χ4v) is 4.49. The molecule has 3 rings (SSSR count). The van der Waals surface area contributed by atoms with E-state index in [-0.39, 0.29) is 0 Å². The van der Waals surface area contributed by atoms with E-state index in [0.717, 1.165) is 18.0 Å². The Kier molecular flexibility index (Phi) is 3.72. The maximum atomic E-state index is 6.19. The Labute approximate surface area is 106 Å². The van der Waals surface area contributed by atoms with Crippen LogP contribution in [0.15, 0.2) is 0 Å². The Bertz CT molecular complexity index is 233. The molecule has 17 heavy (non-hydrogen) atoms. The maximum absolute atomic E-state index is 6.19. The molecule has 2 unspecified atom stereocenters. The molecule has 2 heterocycles. The highest BCUT2D eigenvalue weighted by atomic mass is 15.2. The van der Waals surface area contributed by atoms with Gasteiger partial charge in [0.25, 0.3) is 0 Å². The third kappa shape index (κ3) is 2.68. The van der Waals surface area contributed by atoms with Crippen molar-refractivity contribution in [2.75, 3.05) is 6.54 Å². The smallest absolute Gasteiger partial charge is 0.0113 e. The second-order valence-electron chi connectivity index (χ2n) is 6.67. The summed E-state index contributed by atoms with van der Waals surface area (Å²) >= 11 is 0. The second-order valence-corrected chi connectivity index (χ2v) is 6.67. The summed E-state index contributed by atoms with van der Waals surface area (Å²) in [6.45, 7) is 1.39. The van der Waals surface area contributed by atoms with Crippen LogP contribution in [0.25, 0.3) is 0 Å².